The summed E-state index contributed by atoms with van der Waals surface area (Å²) in [5.41, 5.74) is 12.0. The molecule has 10 aromatic carbocycles. The zero-order chi connectivity index (χ0) is 44.0. The fourth-order valence-electron chi connectivity index (χ4n) is 10.3. The summed E-state index contributed by atoms with van der Waals surface area (Å²) >= 11 is 1.86. The average Bonchev–Trinajstić information content (AvgIpc) is 4.05. The van der Waals surface area contributed by atoms with Crippen LogP contribution in [0, 0.1) is 0 Å². The van der Waals surface area contributed by atoms with E-state index >= 15 is 0 Å². The van der Waals surface area contributed by atoms with E-state index in [4.69, 9.17) is 15.0 Å². The molecule has 4 aromatic heterocycles. The number of fused-ring (bicyclic) bond motifs is 10. The Morgan fingerprint density at radius 2 is 0.806 bits per heavy atom. The van der Waals surface area contributed by atoms with E-state index in [1.54, 1.807) is 0 Å². The first-order chi connectivity index (χ1) is 33.2. The maximum Gasteiger partial charge on any atom is 0.164 e. The highest BCUT2D eigenvalue weighted by Crippen LogP contribution is 2.44. The molecule has 0 saturated carbocycles. The molecule has 14 aromatic rings. The molecule has 0 radical (unpaired) electrons. The zero-order valence-corrected chi connectivity index (χ0v) is 36.8. The van der Waals surface area contributed by atoms with Crippen LogP contribution in [0.25, 0.3) is 131 Å². The van der Waals surface area contributed by atoms with E-state index in [2.05, 4.69) is 209 Å². The molecule has 0 aliphatic carbocycles. The lowest BCUT2D eigenvalue weighted by Gasteiger charge is -2.16. The molecule has 0 spiro atoms. The maximum atomic E-state index is 5.26. The van der Waals surface area contributed by atoms with Crippen molar-refractivity contribution in [2.75, 3.05) is 0 Å². The van der Waals surface area contributed by atoms with Crippen LogP contribution in [0.4, 0.5) is 0 Å². The Labute approximate surface area is 389 Å². The van der Waals surface area contributed by atoms with Crippen LogP contribution >= 0.6 is 11.3 Å². The highest BCUT2D eigenvalue weighted by atomic mass is 32.1. The molecule has 0 fully saturated rings. The lowest BCUT2D eigenvalue weighted by atomic mass is 10.0. The quantitative estimate of drug-likeness (QED) is 0.167. The summed E-state index contributed by atoms with van der Waals surface area (Å²) in [6.07, 6.45) is 0. The Kier molecular flexibility index (Phi) is 8.38. The first-order valence-electron chi connectivity index (χ1n) is 22.6. The van der Waals surface area contributed by atoms with Gasteiger partial charge in [-0.15, -0.1) is 11.3 Å². The van der Waals surface area contributed by atoms with Gasteiger partial charge >= 0.3 is 0 Å². The number of hydrogen-bond acceptors (Lipinski definition) is 4. The first-order valence-corrected chi connectivity index (χ1v) is 23.4. The third-order valence-electron chi connectivity index (χ3n) is 13.4. The molecule has 0 amide bonds. The summed E-state index contributed by atoms with van der Waals surface area (Å²) in [6, 6.07) is 80.4. The van der Waals surface area contributed by atoms with Crippen LogP contribution < -0.4 is 0 Å². The molecule has 4 heterocycles. The van der Waals surface area contributed by atoms with Crippen molar-refractivity contribution < 1.29 is 0 Å². The largest absolute Gasteiger partial charge is 0.309 e. The Balaban J connectivity index is 1.01. The molecule has 312 valence electrons. The lowest BCUT2D eigenvalue weighted by Crippen LogP contribution is -2.02. The van der Waals surface area contributed by atoms with E-state index in [1.165, 1.54) is 63.8 Å². The minimum Gasteiger partial charge on any atom is -0.309 e. The average molecular weight is 872 g/mol. The summed E-state index contributed by atoms with van der Waals surface area (Å²) in [6.45, 7) is 0. The van der Waals surface area contributed by atoms with E-state index in [1.807, 2.05) is 35.6 Å². The van der Waals surface area contributed by atoms with Gasteiger partial charge in [-0.2, -0.15) is 0 Å². The van der Waals surface area contributed by atoms with Gasteiger partial charge in [0.1, 0.15) is 0 Å². The molecule has 5 nitrogen and oxygen atoms in total. The molecule has 0 bridgehead atoms. The molecule has 14 rings (SSSR count). The van der Waals surface area contributed by atoms with Crippen molar-refractivity contribution in [3.05, 3.63) is 224 Å². The Hall–Kier alpha value is -8.71. The van der Waals surface area contributed by atoms with Crippen molar-refractivity contribution in [3.63, 3.8) is 0 Å². The Morgan fingerprint density at radius 1 is 0.284 bits per heavy atom. The van der Waals surface area contributed by atoms with E-state index in [0.717, 1.165) is 49.9 Å². The second-order valence-corrected chi connectivity index (χ2v) is 18.2. The van der Waals surface area contributed by atoms with Gasteiger partial charge in [0.15, 0.2) is 17.5 Å². The second-order valence-electron chi connectivity index (χ2n) is 17.2. The molecule has 0 unspecified atom stereocenters. The summed E-state index contributed by atoms with van der Waals surface area (Å²) in [5, 5.41) is 9.66. The smallest absolute Gasteiger partial charge is 0.164 e. The number of rotatable bonds is 6. The highest BCUT2D eigenvalue weighted by Gasteiger charge is 2.22. The van der Waals surface area contributed by atoms with Crippen LogP contribution in [-0.2, 0) is 0 Å². The number of aromatic nitrogens is 5. The molecule has 0 aliphatic heterocycles. The Morgan fingerprint density at radius 3 is 1.52 bits per heavy atom. The summed E-state index contributed by atoms with van der Waals surface area (Å²) in [5.74, 6) is 1.89. The lowest BCUT2D eigenvalue weighted by molar-refractivity contribution is 1.08. The molecule has 0 aliphatic rings. The Bertz CT molecular complexity index is 4210. The molecule has 0 N–H and O–H groups in total. The fourth-order valence-corrected chi connectivity index (χ4v) is 11.4. The minimum absolute atomic E-state index is 0.626. The monoisotopic (exact) mass is 871 g/mol. The minimum atomic E-state index is 0.626. The van der Waals surface area contributed by atoms with Crippen LogP contribution in [0.3, 0.4) is 0 Å². The van der Waals surface area contributed by atoms with Gasteiger partial charge in [0.25, 0.3) is 0 Å². The van der Waals surface area contributed by atoms with E-state index in [0.29, 0.717) is 17.5 Å². The van der Waals surface area contributed by atoms with Crippen molar-refractivity contribution in [1.82, 2.24) is 24.1 Å². The number of para-hydroxylation sites is 2. The van der Waals surface area contributed by atoms with Crippen molar-refractivity contribution in [2.24, 2.45) is 0 Å². The molecule has 6 heteroatoms. The van der Waals surface area contributed by atoms with Gasteiger partial charge in [-0.3, -0.25) is 0 Å². The van der Waals surface area contributed by atoms with Crippen molar-refractivity contribution >= 4 is 85.9 Å². The SMILES string of the molecule is c1ccc(-c2ccc(-c3nc(-c4ccccc4)nc(-c4ccc(-n5c6cc(-n7c8ccccc8c8ccccc87)ccc6c6cc7c(cc65)sc5ccccc57)c5ccccc45)n3)cc2)cc1. The van der Waals surface area contributed by atoms with E-state index < -0.39 is 0 Å². The van der Waals surface area contributed by atoms with E-state index in [9.17, 15) is 0 Å². The van der Waals surface area contributed by atoms with Crippen LogP contribution in [0.2, 0.25) is 0 Å². The zero-order valence-electron chi connectivity index (χ0n) is 36.0. The summed E-state index contributed by atoms with van der Waals surface area (Å²) in [7, 11) is 0. The maximum absolute atomic E-state index is 5.26. The van der Waals surface area contributed by atoms with Gasteiger partial charge in [0.05, 0.1) is 27.8 Å². The van der Waals surface area contributed by atoms with Gasteiger partial charge in [-0.25, -0.2) is 15.0 Å². The number of hydrogen-bond donors (Lipinski definition) is 0. The van der Waals surface area contributed by atoms with Crippen LogP contribution in [0.5, 0.6) is 0 Å². The standard InChI is InChI=1S/C61H37N5S/c1-3-15-38(16-4-1)39-27-29-41(30-28-39)60-62-59(40-17-5-2-6-18-40)63-61(64-60)49-33-34-54(44-20-8-7-19-43(44)49)66-55-35-42(65-52-24-12-9-21-45(52)46-22-10-13-25-53(46)65)31-32-47(55)50-36-51-48-23-11-14-26-57(48)67-58(51)37-56(50)66/h1-37H. The van der Waals surface area contributed by atoms with Crippen molar-refractivity contribution in [2.45, 2.75) is 0 Å². The number of nitrogens with zero attached hydrogens (tertiary/aromatic N) is 5. The topological polar surface area (TPSA) is 48.5 Å². The van der Waals surface area contributed by atoms with Crippen LogP contribution in [0.15, 0.2) is 224 Å². The van der Waals surface area contributed by atoms with Gasteiger partial charge in [-0.05, 0) is 71.1 Å². The van der Waals surface area contributed by atoms with Crippen LogP contribution in [-0.4, -0.2) is 24.1 Å². The highest BCUT2D eigenvalue weighted by molar-refractivity contribution is 7.25. The predicted octanol–water partition coefficient (Wildman–Crippen LogP) is 16.3. The summed E-state index contributed by atoms with van der Waals surface area (Å²) < 4.78 is 7.46. The molecule has 67 heavy (non-hydrogen) atoms. The molecule has 0 saturated heterocycles. The van der Waals surface area contributed by atoms with Gasteiger partial charge < -0.3 is 9.13 Å². The van der Waals surface area contributed by atoms with Gasteiger partial charge in [0.2, 0.25) is 0 Å². The number of benzene rings is 10. The molecular formula is C61H37N5S. The van der Waals surface area contributed by atoms with Gasteiger partial charge in [-0.1, -0.05) is 170 Å². The predicted molar refractivity (Wildman–Crippen MR) is 281 cm³/mol. The fraction of sp³-hybridized carbons (Fsp3) is 0. The normalized spacial score (nSPS) is 11.9. The molecule has 0 atom stereocenters. The number of thiophene rings is 1. The first kappa shape index (κ1) is 37.6. The third kappa shape index (κ3) is 5.97. The van der Waals surface area contributed by atoms with E-state index in [-0.39, 0.29) is 0 Å². The third-order valence-corrected chi connectivity index (χ3v) is 14.5. The summed E-state index contributed by atoms with van der Waals surface area (Å²) in [4.78, 5) is 15.6. The van der Waals surface area contributed by atoms with Crippen molar-refractivity contribution in [1.29, 1.82) is 0 Å². The van der Waals surface area contributed by atoms with Crippen molar-refractivity contribution in [3.8, 4) is 56.7 Å². The second kappa shape index (κ2) is 14.9. The van der Waals surface area contributed by atoms with Crippen LogP contribution in [0.1, 0.15) is 0 Å². The molecular weight excluding hydrogens is 835 g/mol. The van der Waals surface area contributed by atoms with Gasteiger partial charge in [0, 0.05) is 69.5 Å².